The van der Waals surface area contributed by atoms with Gasteiger partial charge in [-0.25, -0.2) is 0 Å². The molecular weight excluding hydrogens is 274 g/mol. The number of halogens is 1. The lowest BCUT2D eigenvalue weighted by molar-refractivity contribution is 0.291. The lowest BCUT2D eigenvalue weighted by Crippen LogP contribution is -2.03. The van der Waals surface area contributed by atoms with Crippen LogP contribution in [0.25, 0.3) is 11.4 Å². The number of nitrogens with zero attached hydrogens (tertiary/aromatic N) is 3. The van der Waals surface area contributed by atoms with Crippen molar-refractivity contribution >= 4 is 11.6 Å². The summed E-state index contributed by atoms with van der Waals surface area (Å²) in [5, 5.41) is 0.147. The molecule has 0 aliphatic heterocycles. The minimum absolute atomic E-state index is 0.147. The molecule has 20 heavy (non-hydrogen) atoms. The maximum absolute atomic E-state index is 5.92. The van der Waals surface area contributed by atoms with E-state index in [0.717, 1.165) is 12.0 Å². The van der Waals surface area contributed by atoms with E-state index in [0.29, 0.717) is 18.3 Å². The van der Waals surface area contributed by atoms with Crippen molar-refractivity contribution in [2.75, 3.05) is 6.61 Å². The zero-order valence-electron chi connectivity index (χ0n) is 11.9. The van der Waals surface area contributed by atoms with Crippen LogP contribution in [-0.2, 0) is 0 Å². The van der Waals surface area contributed by atoms with E-state index < -0.39 is 0 Å². The largest absolute Gasteiger partial charge is 0.463 e. The van der Waals surface area contributed by atoms with Gasteiger partial charge < -0.3 is 4.74 Å². The van der Waals surface area contributed by atoms with Gasteiger partial charge in [0.2, 0.25) is 5.28 Å². The molecule has 0 saturated heterocycles. The van der Waals surface area contributed by atoms with Crippen molar-refractivity contribution in [3.05, 3.63) is 35.1 Å². The Morgan fingerprint density at radius 2 is 1.80 bits per heavy atom. The molecule has 0 saturated carbocycles. The zero-order valence-corrected chi connectivity index (χ0v) is 12.7. The van der Waals surface area contributed by atoms with Crippen LogP contribution in [0.4, 0.5) is 0 Å². The Bertz CT molecular complexity index is 570. The first kappa shape index (κ1) is 14.7. The normalized spacial score (nSPS) is 10.8. The van der Waals surface area contributed by atoms with Crippen LogP contribution in [0.15, 0.2) is 24.3 Å². The first-order chi connectivity index (χ1) is 9.60. The average molecular weight is 292 g/mol. The van der Waals surface area contributed by atoms with E-state index in [-0.39, 0.29) is 11.3 Å². The van der Waals surface area contributed by atoms with Crippen molar-refractivity contribution in [3.63, 3.8) is 0 Å². The molecule has 0 unspecified atom stereocenters. The fourth-order valence-corrected chi connectivity index (χ4v) is 1.89. The highest BCUT2D eigenvalue weighted by Gasteiger charge is 2.09. The van der Waals surface area contributed by atoms with Gasteiger partial charge in [-0.05, 0) is 29.5 Å². The highest BCUT2D eigenvalue weighted by Crippen LogP contribution is 2.22. The van der Waals surface area contributed by atoms with Crippen molar-refractivity contribution in [2.24, 2.45) is 0 Å². The molecule has 1 aromatic carbocycles. The topological polar surface area (TPSA) is 47.9 Å². The van der Waals surface area contributed by atoms with Gasteiger partial charge in [0.15, 0.2) is 5.82 Å². The molecule has 0 fully saturated rings. The van der Waals surface area contributed by atoms with Gasteiger partial charge in [-0.15, -0.1) is 0 Å². The van der Waals surface area contributed by atoms with Crippen LogP contribution in [-0.4, -0.2) is 21.6 Å². The lowest BCUT2D eigenvalue weighted by Gasteiger charge is -2.07. The van der Waals surface area contributed by atoms with Crippen LogP contribution in [0.3, 0.4) is 0 Å². The molecule has 0 aliphatic carbocycles. The summed E-state index contributed by atoms with van der Waals surface area (Å²) in [4.78, 5) is 12.4. The summed E-state index contributed by atoms with van der Waals surface area (Å²) < 4.78 is 5.41. The summed E-state index contributed by atoms with van der Waals surface area (Å²) in [6.45, 7) is 6.90. The number of ether oxygens (including phenoxy) is 1. The predicted molar refractivity (Wildman–Crippen MR) is 80.1 cm³/mol. The molecule has 0 bridgehead atoms. The van der Waals surface area contributed by atoms with Gasteiger partial charge in [-0.1, -0.05) is 45.0 Å². The van der Waals surface area contributed by atoms with Gasteiger partial charge in [-0.3, -0.25) is 0 Å². The molecular formula is C15H18ClN3O. The molecule has 0 amide bonds. The third-order valence-corrected chi connectivity index (χ3v) is 3.03. The van der Waals surface area contributed by atoms with Gasteiger partial charge in [0.05, 0.1) is 6.61 Å². The number of hydrogen-bond acceptors (Lipinski definition) is 4. The predicted octanol–water partition coefficient (Wildman–Crippen LogP) is 4.10. The van der Waals surface area contributed by atoms with Crippen LogP contribution < -0.4 is 4.74 Å². The van der Waals surface area contributed by atoms with E-state index in [1.54, 1.807) is 0 Å². The molecule has 1 aromatic heterocycles. The minimum atomic E-state index is 0.147. The fourth-order valence-electron chi connectivity index (χ4n) is 1.74. The van der Waals surface area contributed by atoms with E-state index in [1.165, 1.54) is 5.56 Å². The average Bonchev–Trinajstić information content (AvgIpc) is 2.44. The maximum Gasteiger partial charge on any atom is 0.321 e. The van der Waals surface area contributed by atoms with E-state index >= 15 is 0 Å². The second-order valence-electron chi connectivity index (χ2n) is 4.84. The van der Waals surface area contributed by atoms with Crippen molar-refractivity contribution < 1.29 is 4.74 Å². The maximum atomic E-state index is 5.92. The smallest absolute Gasteiger partial charge is 0.321 e. The van der Waals surface area contributed by atoms with Crippen molar-refractivity contribution in [2.45, 2.75) is 33.1 Å². The van der Waals surface area contributed by atoms with Crippen LogP contribution in [0.2, 0.25) is 5.28 Å². The molecule has 0 radical (unpaired) electrons. The SMILES string of the molecule is CCCOc1nc(Cl)nc(-c2ccc(C(C)C)cc2)n1. The lowest BCUT2D eigenvalue weighted by atomic mass is 10.0. The zero-order chi connectivity index (χ0) is 14.5. The summed E-state index contributed by atoms with van der Waals surface area (Å²) >= 11 is 5.92. The monoisotopic (exact) mass is 291 g/mol. The second kappa shape index (κ2) is 6.66. The van der Waals surface area contributed by atoms with Crippen LogP contribution in [0, 0.1) is 0 Å². The Labute approximate surface area is 124 Å². The molecule has 5 heteroatoms. The highest BCUT2D eigenvalue weighted by atomic mass is 35.5. The Hall–Kier alpha value is -1.68. The summed E-state index contributed by atoms with van der Waals surface area (Å²) in [5.41, 5.74) is 2.18. The number of aromatic nitrogens is 3. The molecule has 0 atom stereocenters. The second-order valence-corrected chi connectivity index (χ2v) is 5.17. The fraction of sp³-hybridized carbons (Fsp3) is 0.400. The van der Waals surface area contributed by atoms with Crippen LogP contribution >= 0.6 is 11.6 Å². The third kappa shape index (κ3) is 3.67. The van der Waals surface area contributed by atoms with Crippen molar-refractivity contribution in [1.29, 1.82) is 0 Å². The van der Waals surface area contributed by atoms with Crippen LogP contribution in [0.1, 0.15) is 38.7 Å². The quantitative estimate of drug-likeness (QED) is 0.832. The molecule has 0 N–H and O–H groups in total. The Kier molecular flexibility index (Phi) is 4.90. The van der Waals surface area contributed by atoms with E-state index in [2.05, 4.69) is 40.9 Å². The molecule has 2 aromatic rings. The first-order valence-electron chi connectivity index (χ1n) is 6.75. The molecule has 0 aliphatic rings. The Morgan fingerprint density at radius 3 is 2.40 bits per heavy atom. The van der Waals surface area contributed by atoms with Crippen molar-refractivity contribution in [1.82, 2.24) is 15.0 Å². The number of benzene rings is 1. The summed E-state index contributed by atoms with van der Waals surface area (Å²) in [6.07, 6.45) is 0.891. The van der Waals surface area contributed by atoms with Gasteiger partial charge in [0, 0.05) is 5.56 Å². The minimum Gasteiger partial charge on any atom is -0.463 e. The van der Waals surface area contributed by atoms with Gasteiger partial charge in [0.25, 0.3) is 0 Å². The highest BCUT2D eigenvalue weighted by molar-refractivity contribution is 6.28. The van der Waals surface area contributed by atoms with E-state index in [4.69, 9.17) is 16.3 Å². The number of hydrogen-bond donors (Lipinski definition) is 0. The van der Waals surface area contributed by atoms with Gasteiger partial charge in [0.1, 0.15) is 0 Å². The van der Waals surface area contributed by atoms with E-state index in [9.17, 15) is 0 Å². The summed E-state index contributed by atoms with van der Waals surface area (Å²) in [5.74, 6) is 1.03. The molecule has 2 rings (SSSR count). The molecule has 1 heterocycles. The molecule has 106 valence electrons. The summed E-state index contributed by atoms with van der Waals surface area (Å²) in [7, 11) is 0. The Morgan fingerprint density at radius 1 is 1.10 bits per heavy atom. The molecule has 0 spiro atoms. The standard InChI is InChI=1S/C15H18ClN3O/c1-4-9-20-15-18-13(17-14(16)19-15)12-7-5-11(6-8-12)10(2)3/h5-8,10H,4,9H2,1-3H3. The molecule has 4 nitrogen and oxygen atoms in total. The van der Waals surface area contributed by atoms with Gasteiger partial charge >= 0.3 is 6.01 Å². The number of rotatable bonds is 5. The van der Waals surface area contributed by atoms with Crippen LogP contribution in [0.5, 0.6) is 6.01 Å². The Balaban J connectivity index is 2.29. The van der Waals surface area contributed by atoms with E-state index in [1.807, 2.05) is 19.1 Å². The van der Waals surface area contributed by atoms with Crippen molar-refractivity contribution in [3.8, 4) is 17.4 Å². The van der Waals surface area contributed by atoms with Gasteiger partial charge in [-0.2, -0.15) is 15.0 Å². The first-order valence-corrected chi connectivity index (χ1v) is 7.12. The third-order valence-electron chi connectivity index (χ3n) is 2.86. The summed E-state index contributed by atoms with van der Waals surface area (Å²) in [6, 6.07) is 8.40.